The number of nitrogens with zero attached hydrogens (tertiary/aromatic N) is 1. The fraction of sp³-hybridized carbons (Fsp3) is 0.200. The van der Waals surface area contributed by atoms with Crippen LogP contribution in [0.2, 0.25) is 0 Å². The van der Waals surface area contributed by atoms with Crippen molar-refractivity contribution in [3.63, 3.8) is 0 Å². The van der Waals surface area contributed by atoms with Crippen molar-refractivity contribution in [1.29, 1.82) is 0 Å². The first-order chi connectivity index (χ1) is 6.81. The highest BCUT2D eigenvalue weighted by Crippen LogP contribution is 2.18. The van der Waals surface area contributed by atoms with E-state index in [-0.39, 0.29) is 5.76 Å². The van der Waals surface area contributed by atoms with Crippen molar-refractivity contribution in [2.75, 3.05) is 6.61 Å². The van der Waals surface area contributed by atoms with Gasteiger partial charge in [0.1, 0.15) is 0 Å². The Bertz CT molecular complexity index is 428. The van der Waals surface area contributed by atoms with Crippen LogP contribution in [0.5, 0.6) is 0 Å². The molecule has 2 rings (SSSR count). The van der Waals surface area contributed by atoms with Gasteiger partial charge in [0.25, 0.3) is 0 Å². The van der Waals surface area contributed by atoms with Crippen molar-refractivity contribution in [2.24, 2.45) is 0 Å². The molecule has 4 nitrogen and oxygen atoms in total. The Morgan fingerprint density at radius 1 is 1.64 bits per heavy atom. The first-order valence-corrected chi connectivity index (χ1v) is 4.32. The molecule has 0 atom stereocenters. The summed E-state index contributed by atoms with van der Waals surface area (Å²) in [5, 5.41) is 0.850. The molecule has 0 unspecified atom stereocenters. The van der Waals surface area contributed by atoms with E-state index in [1.807, 2.05) is 0 Å². The zero-order valence-electron chi connectivity index (χ0n) is 7.69. The quantitative estimate of drug-likeness (QED) is 0.681. The Kier molecular flexibility index (Phi) is 2.18. The number of hydrogen-bond donors (Lipinski definition) is 0. The maximum atomic E-state index is 11.3. The predicted molar refractivity (Wildman–Crippen MR) is 50.0 cm³/mol. The summed E-state index contributed by atoms with van der Waals surface area (Å²) >= 11 is 0. The average molecular weight is 191 g/mol. The summed E-state index contributed by atoms with van der Waals surface area (Å²) in [7, 11) is 0. The van der Waals surface area contributed by atoms with Crippen molar-refractivity contribution in [1.82, 2.24) is 4.98 Å². The molecule has 0 bridgehead atoms. The highest BCUT2D eigenvalue weighted by molar-refractivity contribution is 5.92. The largest absolute Gasteiger partial charge is 0.460 e. The van der Waals surface area contributed by atoms with Gasteiger partial charge in [0.15, 0.2) is 5.58 Å². The first kappa shape index (κ1) is 8.74. The fourth-order valence-corrected chi connectivity index (χ4v) is 1.19. The normalized spacial score (nSPS) is 10.4. The number of esters is 1. The Morgan fingerprint density at radius 3 is 3.21 bits per heavy atom. The monoisotopic (exact) mass is 191 g/mol. The van der Waals surface area contributed by atoms with Crippen molar-refractivity contribution in [2.45, 2.75) is 6.92 Å². The van der Waals surface area contributed by atoms with Crippen LogP contribution in [-0.2, 0) is 4.74 Å². The van der Waals surface area contributed by atoms with E-state index >= 15 is 0 Å². The molecule has 0 aliphatic rings. The number of aromatic nitrogens is 1. The molecule has 0 saturated heterocycles. The molecule has 0 spiro atoms. The number of hydrogen-bond acceptors (Lipinski definition) is 4. The van der Waals surface area contributed by atoms with E-state index in [9.17, 15) is 4.79 Å². The lowest BCUT2D eigenvalue weighted by molar-refractivity contribution is 0.0492. The van der Waals surface area contributed by atoms with Gasteiger partial charge in [-0.2, -0.15) is 0 Å². The van der Waals surface area contributed by atoms with E-state index in [0.717, 1.165) is 5.39 Å². The maximum absolute atomic E-state index is 11.3. The highest BCUT2D eigenvalue weighted by Gasteiger charge is 2.12. The van der Waals surface area contributed by atoms with Crippen LogP contribution in [0, 0.1) is 0 Å². The topological polar surface area (TPSA) is 52.3 Å². The number of carbonyl (C=O) groups is 1. The SMILES string of the molecule is CCOC(=O)c1cc2ccncc2o1. The van der Waals surface area contributed by atoms with Crippen LogP contribution in [0.4, 0.5) is 0 Å². The van der Waals surface area contributed by atoms with Crippen molar-refractivity contribution >= 4 is 16.9 Å². The molecule has 0 aliphatic heterocycles. The van der Waals surface area contributed by atoms with E-state index in [0.29, 0.717) is 12.2 Å². The van der Waals surface area contributed by atoms with E-state index in [2.05, 4.69) is 4.98 Å². The molecule has 72 valence electrons. The van der Waals surface area contributed by atoms with Gasteiger partial charge in [-0.3, -0.25) is 4.98 Å². The second-order valence-electron chi connectivity index (χ2n) is 2.74. The van der Waals surface area contributed by atoms with Gasteiger partial charge in [0.05, 0.1) is 12.8 Å². The molecule has 2 aromatic rings. The lowest BCUT2D eigenvalue weighted by Crippen LogP contribution is -2.02. The Balaban J connectivity index is 2.40. The third-order valence-electron chi connectivity index (χ3n) is 1.80. The molecular weight excluding hydrogens is 182 g/mol. The molecule has 2 aromatic heterocycles. The minimum Gasteiger partial charge on any atom is -0.460 e. The lowest BCUT2D eigenvalue weighted by atomic mass is 10.3. The van der Waals surface area contributed by atoms with Crippen LogP contribution < -0.4 is 0 Å². The standard InChI is InChI=1S/C10H9NO3/c1-2-13-10(12)8-5-7-3-4-11-6-9(7)14-8/h3-6H,2H2,1H3. The molecule has 0 radical (unpaired) electrons. The highest BCUT2D eigenvalue weighted by atomic mass is 16.5. The molecule has 0 aromatic carbocycles. The predicted octanol–water partition coefficient (Wildman–Crippen LogP) is 2.00. The molecular formula is C10H9NO3. The molecule has 0 aliphatic carbocycles. The van der Waals surface area contributed by atoms with Gasteiger partial charge >= 0.3 is 5.97 Å². The van der Waals surface area contributed by atoms with Crippen molar-refractivity contribution < 1.29 is 13.9 Å². The number of rotatable bonds is 2. The van der Waals surface area contributed by atoms with E-state index in [1.54, 1.807) is 31.5 Å². The van der Waals surface area contributed by atoms with Crippen LogP contribution in [0.25, 0.3) is 11.0 Å². The minimum atomic E-state index is -0.441. The van der Waals surface area contributed by atoms with Crippen LogP contribution in [-0.4, -0.2) is 17.6 Å². The zero-order chi connectivity index (χ0) is 9.97. The van der Waals surface area contributed by atoms with Crippen molar-refractivity contribution in [3.05, 3.63) is 30.3 Å². The van der Waals surface area contributed by atoms with E-state index in [4.69, 9.17) is 9.15 Å². The number of pyridine rings is 1. The second kappa shape index (κ2) is 3.49. The third-order valence-corrected chi connectivity index (χ3v) is 1.80. The van der Waals surface area contributed by atoms with E-state index < -0.39 is 5.97 Å². The summed E-state index contributed by atoms with van der Waals surface area (Å²) in [6.07, 6.45) is 3.21. The van der Waals surface area contributed by atoms with Gasteiger partial charge in [0.2, 0.25) is 5.76 Å². The Morgan fingerprint density at radius 2 is 2.50 bits per heavy atom. The minimum absolute atomic E-state index is 0.217. The summed E-state index contributed by atoms with van der Waals surface area (Å²) in [4.78, 5) is 15.2. The molecule has 0 amide bonds. The summed E-state index contributed by atoms with van der Waals surface area (Å²) in [5.41, 5.74) is 0.593. The summed E-state index contributed by atoms with van der Waals surface area (Å²) < 4.78 is 10.0. The number of furan rings is 1. The van der Waals surface area contributed by atoms with Gasteiger partial charge < -0.3 is 9.15 Å². The molecule has 14 heavy (non-hydrogen) atoms. The Labute approximate surface area is 80.5 Å². The number of ether oxygens (including phenoxy) is 1. The van der Waals surface area contributed by atoms with Gasteiger partial charge in [-0.25, -0.2) is 4.79 Å². The Hall–Kier alpha value is -1.84. The smallest absolute Gasteiger partial charge is 0.374 e. The van der Waals surface area contributed by atoms with Crippen LogP contribution in [0.15, 0.2) is 28.9 Å². The molecule has 4 heteroatoms. The van der Waals surface area contributed by atoms with Gasteiger partial charge in [0, 0.05) is 11.6 Å². The number of fused-ring (bicyclic) bond motifs is 1. The molecule has 0 N–H and O–H groups in total. The lowest BCUT2D eigenvalue weighted by Gasteiger charge is -1.95. The van der Waals surface area contributed by atoms with E-state index in [1.165, 1.54) is 0 Å². The van der Waals surface area contributed by atoms with Crippen LogP contribution in [0.3, 0.4) is 0 Å². The van der Waals surface area contributed by atoms with Crippen LogP contribution in [0.1, 0.15) is 17.5 Å². The summed E-state index contributed by atoms with van der Waals surface area (Å²) in [6.45, 7) is 2.09. The summed E-state index contributed by atoms with van der Waals surface area (Å²) in [6, 6.07) is 3.43. The van der Waals surface area contributed by atoms with Crippen LogP contribution >= 0.6 is 0 Å². The third kappa shape index (κ3) is 1.46. The van der Waals surface area contributed by atoms with Gasteiger partial charge in [-0.1, -0.05) is 0 Å². The average Bonchev–Trinajstić information content (AvgIpc) is 2.61. The molecule has 0 saturated carbocycles. The summed E-state index contributed by atoms with van der Waals surface area (Å²) in [5.74, 6) is -0.224. The maximum Gasteiger partial charge on any atom is 0.374 e. The second-order valence-corrected chi connectivity index (χ2v) is 2.74. The molecule has 0 fully saturated rings. The van der Waals surface area contributed by atoms with Crippen molar-refractivity contribution in [3.8, 4) is 0 Å². The zero-order valence-corrected chi connectivity index (χ0v) is 7.69. The van der Waals surface area contributed by atoms with Gasteiger partial charge in [-0.05, 0) is 19.1 Å². The molecule has 2 heterocycles. The first-order valence-electron chi connectivity index (χ1n) is 4.32. The fourth-order valence-electron chi connectivity index (χ4n) is 1.19. The van der Waals surface area contributed by atoms with Gasteiger partial charge in [-0.15, -0.1) is 0 Å². The number of carbonyl (C=O) groups excluding carboxylic acids is 1.